The Balaban J connectivity index is 1.01. The second kappa shape index (κ2) is 36.3. The molecule has 5 aromatic rings. The molecular weight excluding hydrogens is 1230 g/mol. The maximum Gasteiger partial charge on any atom is 0.255 e. The van der Waals surface area contributed by atoms with Gasteiger partial charge >= 0.3 is 0 Å². The van der Waals surface area contributed by atoms with Crippen molar-refractivity contribution in [2.45, 2.75) is 0 Å². The van der Waals surface area contributed by atoms with Crippen molar-refractivity contribution in [3.63, 3.8) is 0 Å². The fourth-order valence-corrected chi connectivity index (χ4v) is 9.95. The van der Waals surface area contributed by atoms with E-state index in [1.807, 2.05) is 9.80 Å². The van der Waals surface area contributed by atoms with Crippen LogP contribution in [-0.4, -0.2) is 237 Å². The predicted molar refractivity (Wildman–Crippen MR) is 347 cm³/mol. The number of carbonyl (C=O) groups is 8. The summed E-state index contributed by atoms with van der Waals surface area (Å²) in [7, 11) is 0. The second-order valence-electron chi connectivity index (χ2n) is 20.7. The molecule has 14 N–H and O–H groups in total. The number of phenols is 4. The zero-order valence-electron chi connectivity index (χ0n) is 50.3. The van der Waals surface area contributed by atoms with Crippen molar-refractivity contribution in [3.05, 3.63) is 142 Å². The lowest BCUT2D eigenvalue weighted by Crippen LogP contribution is -2.46. The van der Waals surface area contributed by atoms with Gasteiger partial charge in [-0.3, -0.25) is 53.1 Å². The van der Waals surface area contributed by atoms with E-state index in [1.54, 1.807) is 29.2 Å². The predicted octanol–water partition coefficient (Wildman–Crippen LogP) is 1.14. The van der Waals surface area contributed by atoms with Gasteiger partial charge in [0.2, 0.25) is 0 Å². The van der Waals surface area contributed by atoms with Crippen molar-refractivity contribution in [2.75, 3.05) is 150 Å². The zero-order valence-corrected chi connectivity index (χ0v) is 51.9. The molecule has 8 bridgehead atoms. The Labute approximate surface area is 540 Å². The first-order valence-electron chi connectivity index (χ1n) is 29.6. The molecule has 3 heterocycles. The van der Waals surface area contributed by atoms with Gasteiger partial charge in [-0.25, -0.2) is 0 Å². The van der Waals surface area contributed by atoms with Crippen molar-refractivity contribution in [3.8, 4) is 23.0 Å². The van der Waals surface area contributed by atoms with Gasteiger partial charge in [0.25, 0.3) is 47.3 Å². The number of aromatic hydroxyl groups is 4. The maximum absolute atomic E-state index is 13.7. The number of amides is 8. The van der Waals surface area contributed by atoms with Crippen LogP contribution in [0.2, 0.25) is 0 Å². The molecule has 0 atom stereocenters. The van der Waals surface area contributed by atoms with E-state index in [2.05, 4.69) is 75.5 Å². The Hall–Kier alpha value is -9.65. The van der Waals surface area contributed by atoms with Gasteiger partial charge in [0.15, 0.2) is 5.11 Å². The molecule has 0 aliphatic carbocycles. The number of rotatable bonds is 16. The third kappa shape index (κ3) is 21.0. The zero-order chi connectivity index (χ0) is 65.8. The van der Waals surface area contributed by atoms with Gasteiger partial charge < -0.3 is 83.1 Å². The van der Waals surface area contributed by atoms with Gasteiger partial charge in [0.05, 0.1) is 81.8 Å². The van der Waals surface area contributed by atoms with Gasteiger partial charge in [-0.05, 0) is 97.2 Å². The summed E-state index contributed by atoms with van der Waals surface area (Å²) in [5.74, 6) is -7.70. The summed E-state index contributed by atoms with van der Waals surface area (Å²) in [6, 6.07) is 23.8. The number of carbonyl (C=O) groups excluding carboxylic acids is 8. The molecule has 0 fully saturated rings. The van der Waals surface area contributed by atoms with Gasteiger partial charge in [-0.2, -0.15) is 4.99 Å². The Morgan fingerprint density at radius 3 is 1.22 bits per heavy atom. The number of aliphatic imine (C=N–C) groups is 1. The molecule has 0 saturated carbocycles. The van der Waals surface area contributed by atoms with Crippen LogP contribution < -0.4 is 53.2 Å². The minimum absolute atomic E-state index is 0.00264. The molecule has 8 rings (SSSR count). The average Bonchev–Trinajstić information content (AvgIpc) is 1.32. The number of hydrogen-bond acceptors (Lipinski definition) is 20. The van der Waals surface area contributed by atoms with Crippen molar-refractivity contribution in [1.82, 2.24) is 62.6 Å². The average molecular weight is 1300 g/mol. The number of para-hydroxylation sites is 4. The fraction of sp³-hybridized carbons (Fsp3) is 0.355. The van der Waals surface area contributed by atoms with Crippen molar-refractivity contribution >= 4 is 93.3 Å². The summed E-state index contributed by atoms with van der Waals surface area (Å²) in [5.41, 5.74) is 0.0886. The highest BCUT2D eigenvalue weighted by Gasteiger charge is 2.25. The van der Waals surface area contributed by atoms with Gasteiger partial charge in [-0.1, -0.05) is 24.3 Å². The monoisotopic (exact) mass is 1300 g/mol. The Morgan fingerprint density at radius 2 is 0.815 bits per heavy atom. The van der Waals surface area contributed by atoms with Crippen molar-refractivity contribution in [1.29, 1.82) is 0 Å². The smallest absolute Gasteiger partial charge is 0.255 e. The Morgan fingerprint density at radius 1 is 0.457 bits per heavy atom. The topological polar surface area (TPSA) is 378 Å². The van der Waals surface area contributed by atoms with E-state index in [4.69, 9.17) is 21.7 Å². The number of hydrogen-bond donors (Lipinski definition) is 14. The lowest BCUT2D eigenvalue weighted by Gasteiger charge is -2.28. The Kier molecular flexibility index (Phi) is 27.5. The summed E-state index contributed by atoms with van der Waals surface area (Å²) in [4.78, 5) is 118. The molecule has 3 aliphatic rings. The lowest BCUT2D eigenvalue weighted by molar-refractivity contribution is 0.0502. The van der Waals surface area contributed by atoms with Crippen LogP contribution in [0.3, 0.4) is 0 Å². The summed E-state index contributed by atoms with van der Waals surface area (Å²) in [5, 5.41) is 75.8. The highest BCUT2D eigenvalue weighted by atomic mass is 32.1. The van der Waals surface area contributed by atoms with Crippen LogP contribution in [0.15, 0.2) is 102 Å². The molecule has 0 spiro atoms. The van der Waals surface area contributed by atoms with Gasteiger partial charge in [0.1, 0.15) is 23.0 Å². The number of nitrogens with one attached hydrogen (secondary N) is 10. The number of benzene rings is 5. The molecule has 0 saturated heterocycles. The molecule has 3 aliphatic heterocycles. The SMILES string of the molecule is O=C(NCCOCCOCCNC(=S)Nc1ccc(N=C=S)cc1)c1cccc(C(=O)NCCN2CCNC(=O)c3cccc(c3O)C(=O)NCCN3CCNC(=O)c4cccc(c4O)C(=O)NCCN(CCNC(=O)c4cccc(c4O)C(=O)NCC3)CC2)c1O. The highest BCUT2D eigenvalue weighted by Crippen LogP contribution is 2.26. The van der Waals surface area contributed by atoms with Crippen LogP contribution in [-0.2, 0) is 9.47 Å². The maximum atomic E-state index is 13.7. The molecule has 28 nitrogen and oxygen atoms in total. The van der Waals surface area contributed by atoms with Crippen LogP contribution in [0, 0.1) is 0 Å². The van der Waals surface area contributed by atoms with E-state index in [0.717, 1.165) is 5.69 Å². The standard InChI is InChI=1S/C62H74N14O14S2/c77-50-42-5-1-8-45(50)57(84)66-20-29-75-30-21-67-58(85)46-9-2-6-43(51(46)78)55(82)64-18-27-74(26-17-63-54(42)81)28-19-65-56(83)44-7-3-10-47(52(44)79)59(86)68-22-31-76(34-33-75)32-23-69-60(87)48-11-4-12-49(53(48)80)61(88)70-24-35-89-37-38-90-36-25-71-62(92)73-41-15-13-40(14-16-41)72-39-91/h1-16,77-80H,17-38H2,(H,63,81)(H,64,82)(H,65,83)(H,66,84)(H,67,85)(H,68,86)(H,69,87)(H,70,88)(H2,71,73,92). The lowest BCUT2D eigenvalue weighted by atomic mass is 10.1. The fourth-order valence-electron chi connectivity index (χ4n) is 9.63. The summed E-state index contributed by atoms with van der Waals surface area (Å²) in [6.07, 6.45) is 0. The number of phenolic OH excluding ortho intramolecular Hbond substituents is 4. The molecular formula is C62H74N14O14S2. The first-order valence-corrected chi connectivity index (χ1v) is 30.4. The molecule has 92 heavy (non-hydrogen) atoms. The van der Waals surface area contributed by atoms with Crippen molar-refractivity contribution in [2.24, 2.45) is 4.99 Å². The van der Waals surface area contributed by atoms with E-state index in [-0.39, 0.29) is 176 Å². The van der Waals surface area contributed by atoms with Gasteiger partial charge in [0, 0.05) is 123 Å². The first-order chi connectivity index (χ1) is 44.5. The van der Waals surface area contributed by atoms with Crippen molar-refractivity contribution < 1.29 is 68.3 Å². The van der Waals surface area contributed by atoms with E-state index in [9.17, 15) is 58.8 Å². The summed E-state index contributed by atoms with van der Waals surface area (Å²) >= 11 is 9.95. The number of nitrogens with zero attached hydrogens (tertiary/aromatic N) is 4. The third-order valence-corrected chi connectivity index (χ3v) is 14.9. The molecule has 5 aromatic carbocycles. The third-order valence-electron chi connectivity index (χ3n) is 14.6. The minimum atomic E-state index is -0.705. The summed E-state index contributed by atoms with van der Waals surface area (Å²) in [6.45, 7) is 3.02. The van der Waals surface area contributed by atoms with E-state index in [1.165, 1.54) is 72.8 Å². The quantitative estimate of drug-likeness (QED) is 0.0374. The number of thiocarbonyl (C=S) groups is 2. The molecule has 488 valence electrons. The normalized spacial score (nSPS) is 16.8. The highest BCUT2D eigenvalue weighted by molar-refractivity contribution is 7.80. The molecule has 0 unspecified atom stereocenters. The number of anilines is 1. The number of ether oxygens (including phenoxy) is 2. The molecule has 0 radical (unpaired) electrons. The second-order valence-corrected chi connectivity index (χ2v) is 21.3. The number of fused-ring (bicyclic) bond motifs is 21. The Bertz CT molecular complexity index is 3410. The number of isothiocyanates is 1. The van der Waals surface area contributed by atoms with Gasteiger partial charge in [-0.15, -0.1) is 0 Å². The van der Waals surface area contributed by atoms with E-state index in [0.29, 0.717) is 24.0 Å². The van der Waals surface area contributed by atoms with Crippen LogP contribution in [0.5, 0.6) is 23.0 Å². The van der Waals surface area contributed by atoms with E-state index < -0.39 is 70.3 Å². The van der Waals surface area contributed by atoms with Crippen LogP contribution in [0.4, 0.5) is 11.4 Å². The summed E-state index contributed by atoms with van der Waals surface area (Å²) < 4.78 is 11.2. The first kappa shape index (κ1) is 69.8. The van der Waals surface area contributed by atoms with E-state index >= 15 is 0 Å². The molecule has 30 heteroatoms. The van der Waals surface area contributed by atoms with Crippen LogP contribution in [0.25, 0.3) is 0 Å². The van der Waals surface area contributed by atoms with Crippen LogP contribution in [0.1, 0.15) is 82.9 Å². The molecule has 8 amide bonds. The largest absolute Gasteiger partial charge is 0.506 e. The van der Waals surface area contributed by atoms with Crippen LogP contribution >= 0.6 is 24.4 Å². The molecule has 0 aromatic heterocycles. The minimum Gasteiger partial charge on any atom is -0.506 e.